The molecule has 2 aromatic rings. The summed E-state index contributed by atoms with van der Waals surface area (Å²) in [5, 5.41) is 8.20. The predicted molar refractivity (Wildman–Crippen MR) is 151 cm³/mol. The lowest BCUT2D eigenvalue weighted by atomic mass is 10.0. The van der Waals surface area contributed by atoms with Crippen LogP contribution in [0.15, 0.2) is 54.6 Å². The number of nitrogens with zero attached hydrogens (tertiary/aromatic N) is 1. The quantitative estimate of drug-likeness (QED) is 0.241. The molecule has 0 spiro atoms. The Morgan fingerprint density at radius 2 is 1.38 bits per heavy atom. The lowest BCUT2D eigenvalue weighted by molar-refractivity contribution is -0.132. The molecular weight excluding hydrogens is 564 g/mol. The average Bonchev–Trinajstić information content (AvgIpc) is 3.16. The number of likely N-dealkylation sites (N-methyl/N-ethyl adjacent to an activating group) is 1. The van der Waals surface area contributed by atoms with E-state index in [0.29, 0.717) is 36.8 Å². The number of alkyl halides is 1. The Morgan fingerprint density at radius 3 is 1.95 bits per heavy atom. The Kier molecular flexibility index (Phi) is 10.8. The molecule has 10 heteroatoms. The molecule has 1 aliphatic rings. The van der Waals surface area contributed by atoms with Crippen LogP contribution in [0.1, 0.15) is 59.4 Å². The first-order valence-corrected chi connectivity index (χ1v) is 14.0. The molecule has 1 unspecified atom stereocenters. The smallest absolute Gasteiger partial charge is 0.261 e. The third-order valence-electron chi connectivity index (χ3n) is 6.50. The lowest BCUT2D eigenvalue weighted by Crippen LogP contribution is -2.55. The molecule has 39 heavy (non-hydrogen) atoms. The summed E-state index contributed by atoms with van der Waals surface area (Å²) in [6.07, 6.45) is 1.46. The number of imide groups is 1. The fraction of sp³-hybridized carbons (Fsp3) is 0.414. The molecule has 0 fully saturated rings. The molecule has 9 nitrogen and oxygen atoms in total. The largest absolute Gasteiger partial charge is 0.357 e. The van der Waals surface area contributed by atoms with E-state index in [4.69, 9.17) is 0 Å². The molecule has 208 valence electrons. The van der Waals surface area contributed by atoms with E-state index in [0.717, 1.165) is 5.56 Å². The van der Waals surface area contributed by atoms with E-state index < -0.39 is 22.8 Å². The number of amides is 5. The van der Waals surface area contributed by atoms with E-state index in [2.05, 4.69) is 31.9 Å². The van der Waals surface area contributed by atoms with Crippen LogP contribution in [0.4, 0.5) is 0 Å². The van der Waals surface area contributed by atoms with E-state index in [9.17, 15) is 24.0 Å². The second-order valence-corrected chi connectivity index (χ2v) is 11.1. The maximum absolute atomic E-state index is 13.2. The predicted octanol–water partition coefficient (Wildman–Crippen LogP) is 2.83. The third-order valence-corrected chi connectivity index (χ3v) is 7.38. The van der Waals surface area contributed by atoms with Gasteiger partial charge in [0.25, 0.3) is 11.8 Å². The number of carbonyl (C=O) groups excluding carboxylic acids is 5. The van der Waals surface area contributed by atoms with Gasteiger partial charge in [0, 0.05) is 20.0 Å². The highest BCUT2D eigenvalue weighted by Crippen LogP contribution is 2.23. The summed E-state index contributed by atoms with van der Waals surface area (Å²) >= 11 is 3.39. The maximum atomic E-state index is 13.2. The molecule has 0 saturated carbocycles. The van der Waals surface area contributed by atoms with Gasteiger partial charge < -0.3 is 16.0 Å². The minimum atomic E-state index is -0.836. The maximum Gasteiger partial charge on any atom is 0.261 e. The number of rotatable bonds is 13. The molecule has 0 bridgehead atoms. The summed E-state index contributed by atoms with van der Waals surface area (Å²) in [4.78, 5) is 64.4. The van der Waals surface area contributed by atoms with Gasteiger partial charge in [0.15, 0.2) is 0 Å². The molecule has 3 atom stereocenters. The Morgan fingerprint density at radius 1 is 0.821 bits per heavy atom. The van der Waals surface area contributed by atoms with Crippen molar-refractivity contribution < 1.29 is 24.0 Å². The van der Waals surface area contributed by atoms with Gasteiger partial charge in [-0.15, -0.1) is 0 Å². The Hall–Kier alpha value is -3.53. The lowest BCUT2D eigenvalue weighted by Gasteiger charge is -2.25. The number of carbonyl (C=O) groups is 5. The number of halogens is 1. The van der Waals surface area contributed by atoms with E-state index in [1.807, 2.05) is 44.2 Å². The normalized spacial score (nSPS) is 14.9. The van der Waals surface area contributed by atoms with Gasteiger partial charge in [0.1, 0.15) is 12.1 Å². The van der Waals surface area contributed by atoms with Gasteiger partial charge in [-0.1, -0.05) is 72.2 Å². The van der Waals surface area contributed by atoms with Crippen molar-refractivity contribution in [3.63, 3.8) is 0 Å². The molecule has 0 aliphatic carbocycles. The Bertz CT molecular complexity index is 1170. The summed E-state index contributed by atoms with van der Waals surface area (Å²) in [6, 6.07) is 14.4. The number of hydrogen-bond acceptors (Lipinski definition) is 5. The molecular formula is C29H35BrN4O5. The van der Waals surface area contributed by atoms with Crippen LogP contribution in [0.25, 0.3) is 0 Å². The van der Waals surface area contributed by atoms with E-state index in [-0.39, 0.29) is 36.1 Å². The molecule has 0 aromatic heterocycles. The number of hydrogen-bond donors (Lipinski definition) is 3. The second-order valence-electron chi connectivity index (χ2n) is 9.97. The third kappa shape index (κ3) is 7.98. The molecule has 1 heterocycles. The second kappa shape index (κ2) is 14.0. The first-order valence-electron chi connectivity index (χ1n) is 13.1. The van der Waals surface area contributed by atoms with Crippen molar-refractivity contribution in [2.45, 2.75) is 56.4 Å². The van der Waals surface area contributed by atoms with Gasteiger partial charge in [0.05, 0.1) is 16.0 Å². The molecule has 5 amide bonds. The van der Waals surface area contributed by atoms with Gasteiger partial charge in [0.2, 0.25) is 17.7 Å². The number of fused-ring (bicyclic) bond motifs is 1. The fourth-order valence-electron chi connectivity index (χ4n) is 4.47. The van der Waals surface area contributed by atoms with Crippen molar-refractivity contribution in [1.29, 1.82) is 0 Å². The van der Waals surface area contributed by atoms with Crippen molar-refractivity contribution in [3.8, 4) is 0 Å². The minimum Gasteiger partial charge on any atom is -0.357 e. The van der Waals surface area contributed by atoms with Gasteiger partial charge >= 0.3 is 0 Å². The molecule has 3 N–H and O–H groups in total. The highest BCUT2D eigenvalue weighted by molar-refractivity contribution is 9.10. The van der Waals surface area contributed by atoms with Crippen molar-refractivity contribution in [1.82, 2.24) is 20.9 Å². The van der Waals surface area contributed by atoms with Crippen molar-refractivity contribution in [2.75, 3.05) is 13.6 Å². The van der Waals surface area contributed by atoms with Gasteiger partial charge in [-0.25, -0.2) is 0 Å². The van der Waals surface area contributed by atoms with Gasteiger partial charge in [-0.2, -0.15) is 0 Å². The highest BCUT2D eigenvalue weighted by atomic mass is 79.9. The zero-order chi connectivity index (χ0) is 28.5. The summed E-state index contributed by atoms with van der Waals surface area (Å²) in [5.74, 6) is -1.70. The van der Waals surface area contributed by atoms with Crippen LogP contribution in [0.2, 0.25) is 0 Å². The summed E-state index contributed by atoms with van der Waals surface area (Å²) in [7, 11) is 1.51. The molecule has 3 rings (SSSR count). The van der Waals surface area contributed by atoms with Crippen LogP contribution in [0, 0.1) is 5.92 Å². The molecule has 0 saturated heterocycles. The van der Waals surface area contributed by atoms with Gasteiger partial charge in [-0.05, 0) is 42.9 Å². The SMILES string of the molecule is CNC(=O)[C@H](Cc1ccccc1)NC(=O)[C@H](CC(C)C)NC(=O)C(Br)CCCN1C(=O)c2ccccc2C1=O. The van der Waals surface area contributed by atoms with Crippen molar-refractivity contribution in [3.05, 3.63) is 71.3 Å². The molecule has 1 aliphatic heterocycles. The fourth-order valence-corrected chi connectivity index (χ4v) is 4.93. The Balaban J connectivity index is 1.57. The monoisotopic (exact) mass is 598 g/mol. The zero-order valence-corrected chi connectivity index (χ0v) is 24.0. The zero-order valence-electron chi connectivity index (χ0n) is 22.4. The Labute approximate surface area is 237 Å². The van der Waals surface area contributed by atoms with Crippen LogP contribution in [0.5, 0.6) is 0 Å². The van der Waals surface area contributed by atoms with Crippen LogP contribution < -0.4 is 16.0 Å². The standard InChI is InChI=1S/C29H35BrN4O5/c1-18(2)16-23(27(37)33-24(26(36)31-3)17-19-10-5-4-6-11-19)32-25(35)22(30)14-9-15-34-28(38)20-12-7-8-13-21(20)29(34)39/h4-8,10-13,18,22-24H,9,14-17H2,1-3H3,(H,31,36)(H,32,35)(H,33,37)/t22?,23-,24-/m0/s1. The van der Waals surface area contributed by atoms with E-state index in [1.165, 1.54) is 11.9 Å². The number of benzene rings is 2. The first kappa shape index (κ1) is 30.0. The summed E-state index contributed by atoms with van der Waals surface area (Å²) < 4.78 is 0. The van der Waals surface area contributed by atoms with Crippen LogP contribution in [-0.4, -0.2) is 64.9 Å². The summed E-state index contributed by atoms with van der Waals surface area (Å²) in [5.41, 5.74) is 1.68. The minimum absolute atomic E-state index is 0.108. The molecule has 0 radical (unpaired) electrons. The average molecular weight is 600 g/mol. The topological polar surface area (TPSA) is 125 Å². The van der Waals surface area contributed by atoms with Gasteiger partial charge in [-0.3, -0.25) is 28.9 Å². The molecule has 2 aromatic carbocycles. The summed E-state index contributed by atoms with van der Waals surface area (Å²) in [6.45, 7) is 4.08. The highest BCUT2D eigenvalue weighted by Gasteiger charge is 2.35. The van der Waals surface area contributed by atoms with Crippen LogP contribution in [0.3, 0.4) is 0 Å². The van der Waals surface area contributed by atoms with E-state index >= 15 is 0 Å². The van der Waals surface area contributed by atoms with Crippen molar-refractivity contribution >= 4 is 45.5 Å². The van der Waals surface area contributed by atoms with Crippen LogP contribution >= 0.6 is 15.9 Å². The first-order chi connectivity index (χ1) is 18.6. The number of nitrogens with one attached hydrogen (secondary N) is 3. The van der Waals surface area contributed by atoms with E-state index in [1.54, 1.807) is 24.3 Å². The van der Waals surface area contributed by atoms with Crippen molar-refractivity contribution in [2.24, 2.45) is 5.92 Å². The van der Waals surface area contributed by atoms with Crippen LogP contribution in [-0.2, 0) is 20.8 Å².